The first kappa shape index (κ1) is 17.3. The number of hydrogen-bond donors (Lipinski definition) is 1. The van der Waals surface area contributed by atoms with Gasteiger partial charge >= 0.3 is 6.18 Å². The number of alkyl halides is 3. The summed E-state index contributed by atoms with van der Waals surface area (Å²) in [6, 6.07) is 6.44. The highest BCUT2D eigenvalue weighted by atomic mass is 32.2. The minimum absolute atomic E-state index is 0.253. The molecule has 0 aromatic heterocycles. The second kappa shape index (κ2) is 5.84. The van der Waals surface area contributed by atoms with E-state index in [0.29, 0.717) is 11.6 Å². The third-order valence-electron chi connectivity index (χ3n) is 3.40. The molecule has 0 aliphatic heterocycles. The molecule has 0 saturated carbocycles. The van der Waals surface area contributed by atoms with Crippen molar-refractivity contribution >= 4 is 15.7 Å². The predicted octanol–water partition coefficient (Wildman–Crippen LogP) is 4.26. The number of rotatable bonds is 3. The van der Waals surface area contributed by atoms with Gasteiger partial charge in [-0.1, -0.05) is 12.1 Å². The van der Waals surface area contributed by atoms with Gasteiger partial charge in [-0.3, -0.25) is 4.72 Å². The molecule has 8 heteroatoms. The third-order valence-corrected chi connectivity index (χ3v) is 4.77. The number of nitrogens with one attached hydrogen (secondary N) is 1. The van der Waals surface area contributed by atoms with Crippen molar-refractivity contribution in [3.05, 3.63) is 58.9 Å². The third kappa shape index (κ3) is 3.64. The Kier molecular flexibility index (Phi) is 4.39. The highest BCUT2D eigenvalue weighted by Crippen LogP contribution is 2.33. The van der Waals surface area contributed by atoms with Crippen LogP contribution in [0.3, 0.4) is 0 Å². The van der Waals surface area contributed by atoms with Gasteiger partial charge in [0.1, 0.15) is 5.82 Å². The predicted molar refractivity (Wildman–Crippen MR) is 78.1 cm³/mol. The molecule has 2 aromatic rings. The van der Waals surface area contributed by atoms with Gasteiger partial charge in [0.25, 0.3) is 10.0 Å². The maximum atomic E-state index is 13.3. The van der Waals surface area contributed by atoms with Gasteiger partial charge in [-0.05, 0) is 49.2 Å². The van der Waals surface area contributed by atoms with E-state index in [0.717, 1.165) is 11.6 Å². The summed E-state index contributed by atoms with van der Waals surface area (Å²) in [5, 5.41) is 0. The molecule has 2 aromatic carbocycles. The van der Waals surface area contributed by atoms with Crippen LogP contribution in [0.15, 0.2) is 41.3 Å². The molecule has 0 heterocycles. The first-order valence-electron chi connectivity index (χ1n) is 6.48. The quantitative estimate of drug-likeness (QED) is 0.843. The maximum Gasteiger partial charge on any atom is 0.419 e. The summed E-state index contributed by atoms with van der Waals surface area (Å²) in [5.74, 6) is -1.52. The number of sulfonamides is 1. The number of halogens is 4. The van der Waals surface area contributed by atoms with Crippen molar-refractivity contribution in [2.24, 2.45) is 0 Å². The van der Waals surface area contributed by atoms with Crippen molar-refractivity contribution < 1.29 is 26.0 Å². The van der Waals surface area contributed by atoms with E-state index in [-0.39, 0.29) is 11.8 Å². The van der Waals surface area contributed by atoms with E-state index in [1.807, 2.05) is 0 Å². The van der Waals surface area contributed by atoms with Crippen LogP contribution >= 0.6 is 0 Å². The number of benzene rings is 2. The van der Waals surface area contributed by atoms with Gasteiger partial charge in [-0.25, -0.2) is 12.8 Å². The molecule has 0 atom stereocenters. The SMILES string of the molecule is Cc1cccc(NS(=O)(=O)c2ccc(F)c(C(F)(F)F)c2)c1C. The summed E-state index contributed by atoms with van der Waals surface area (Å²) in [5.41, 5.74) is 0.0961. The van der Waals surface area contributed by atoms with Crippen LogP contribution in [0.1, 0.15) is 16.7 Å². The van der Waals surface area contributed by atoms with E-state index >= 15 is 0 Å². The Morgan fingerprint density at radius 1 is 1.04 bits per heavy atom. The Labute approximate surface area is 131 Å². The summed E-state index contributed by atoms with van der Waals surface area (Å²) < 4.78 is 78.1. The van der Waals surface area contributed by atoms with Crippen LogP contribution in [0.2, 0.25) is 0 Å². The average molecular weight is 347 g/mol. The molecule has 3 nitrogen and oxygen atoms in total. The summed E-state index contributed by atoms with van der Waals surface area (Å²) in [6.45, 7) is 3.45. The van der Waals surface area contributed by atoms with E-state index in [1.54, 1.807) is 26.0 Å². The number of anilines is 1. The molecule has 2 rings (SSSR count). The molecule has 23 heavy (non-hydrogen) atoms. The van der Waals surface area contributed by atoms with E-state index < -0.39 is 32.5 Å². The van der Waals surface area contributed by atoms with E-state index in [4.69, 9.17) is 0 Å². The first-order chi connectivity index (χ1) is 10.5. The fraction of sp³-hybridized carbons (Fsp3) is 0.200. The molecule has 1 N–H and O–H groups in total. The Bertz CT molecular complexity index is 845. The molecule has 0 unspecified atom stereocenters. The lowest BCUT2D eigenvalue weighted by molar-refractivity contribution is -0.140. The molecule has 0 aliphatic rings. The average Bonchev–Trinajstić information content (AvgIpc) is 2.42. The van der Waals surface area contributed by atoms with Crippen LogP contribution in [0.25, 0.3) is 0 Å². The normalized spacial score (nSPS) is 12.3. The Morgan fingerprint density at radius 2 is 1.70 bits per heavy atom. The minimum atomic E-state index is -4.98. The van der Waals surface area contributed by atoms with Crippen molar-refractivity contribution in [3.8, 4) is 0 Å². The van der Waals surface area contributed by atoms with Gasteiger partial charge in [0.2, 0.25) is 0 Å². The molecular weight excluding hydrogens is 334 g/mol. The van der Waals surface area contributed by atoms with E-state index in [9.17, 15) is 26.0 Å². The minimum Gasteiger partial charge on any atom is -0.279 e. The highest BCUT2D eigenvalue weighted by Gasteiger charge is 2.35. The zero-order valence-corrected chi connectivity index (χ0v) is 13.0. The largest absolute Gasteiger partial charge is 0.419 e. The van der Waals surface area contributed by atoms with Crippen LogP contribution in [0, 0.1) is 19.7 Å². The topological polar surface area (TPSA) is 46.2 Å². The molecule has 0 radical (unpaired) electrons. The van der Waals surface area contributed by atoms with Gasteiger partial charge in [0.05, 0.1) is 16.1 Å². The van der Waals surface area contributed by atoms with Crippen molar-refractivity contribution in [1.29, 1.82) is 0 Å². The second-order valence-electron chi connectivity index (χ2n) is 4.99. The van der Waals surface area contributed by atoms with Crippen LogP contribution in [-0.4, -0.2) is 8.42 Å². The molecule has 124 valence electrons. The lowest BCUT2D eigenvalue weighted by atomic mass is 10.1. The summed E-state index contributed by atoms with van der Waals surface area (Å²) in [4.78, 5) is -0.660. The summed E-state index contributed by atoms with van der Waals surface area (Å²) >= 11 is 0. The van der Waals surface area contributed by atoms with Gasteiger partial charge in [0.15, 0.2) is 0 Å². The Balaban J connectivity index is 2.47. The fourth-order valence-corrected chi connectivity index (χ4v) is 3.10. The zero-order chi connectivity index (χ0) is 17.4. The number of hydrogen-bond acceptors (Lipinski definition) is 2. The molecule has 0 bridgehead atoms. The zero-order valence-electron chi connectivity index (χ0n) is 12.2. The molecule has 0 fully saturated rings. The van der Waals surface area contributed by atoms with Crippen LogP contribution in [0.5, 0.6) is 0 Å². The van der Waals surface area contributed by atoms with E-state index in [1.165, 1.54) is 6.07 Å². The molecule has 0 saturated heterocycles. The highest BCUT2D eigenvalue weighted by molar-refractivity contribution is 7.92. The van der Waals surface area contributed by atoms with Gasteiger partial charge in [-0.2, -0.15) is 13.2 Å². The monoisotopic (exact) mass is 347 g/mol. The van der Waals surface area contributed by atoms with Gasteiger partial charge in [-0.15, -0.1) is 0 Å². The fourth-order valence-electron chi connectivity index (χ4n) is 1.95. The Hall–Kier alpha value is -2.09. The van der Waals surface area contributed by atoms with Crippen molar-refractivity contribution in [3.63, 3.8) is 0 Å². The van der Waals surface area contributed by atoms with Gasteiger partial charge < -0.3 is 0 Å². The van der Waals surface area contributed by atoms with Crippen LogP contribution in [-0.2, 0) is 16.2 Å². The molecular formula is C15H13F4NO2S. The smallest absolute Gasteiger partial charge is 0.279 e. The first-order valence-corrected chi connectivity index (χ1v) is 7.96. The lowest BCUT2D eigenvalue weighted by Crippen LogP contribution is -2.16. The lowest BCUT2D eigenvalue weighted by Gasteiger charge is -2.14. The summed E-state index contributed by atoms with van der Waals surface area (Å²) in [6.07, 6.45) is -4.98. The Morgan fingerprint density at radius 3 is 2.30 bits per heavy atom. The van der Waals surface area contributed by atoms with Crippen LogP contribution in [0.4, 0.5) is 23.2 Å². The molecule has 0 amide bonds. The van der Waals surface area contributed by atoms with Crippen molar-refractivity contribution in [2.75, 3.05) is 4.72 Å². The number of aryl methyl sites for hydroxylation is 1. The van der Waals surface area contributed by atoms with Crippen LogP contribution < -0.4 is 4.72 Å². The van der Waals surface area contributed by atoms with Crippen molar-refractivity contribution in [1.82, 2.24) is 0 Å². The maximum absolute atomic E-state index is 13.3. The van der Waals surface area contributed by atoms with E-state index in [2.05, 4.69) is 4.72 Å². The van der Waals surface area contributed by atoms with Crippen molar-refractivity contribution in [2.45, 2.75) is 24.9 Å². The summed E-state index contributed by atoms with van der Waals surface area (Å²) in [7, 11) is -4.27. The standard InChI is InChI=1S/C15H13F4NO2S/c1-9-4-3-5-14(10(9)2)20-23(21,22)11-6-7-13(16)12(8-11)15(17,18)19/h3-8,20H,1-2H3. The molecule has 0 aliphatic carbocycles. The van der Waals surface area contributed by atoms with Gasteiger partial charge in [0, 0.05) is 0 Å². The second-order valence-corrected chi connectivity index (χ2v) is 6.67. The molecule has 0 spiro atoms.